The van der Waals surface area contributed by atoms with Gasteiger partial charge in [-0.05, 0) is 30.2 Å². The summed E-state index contributed by atoms with van der Waals surface area (Å²) in [5, 5.41) is 2.91. The molecule has 12 nitrogen and oxygen atoms in total. The molecule has 0 saturated heterocycles. The van der Waals surface area contributed by atoms with Crippen molar-refractivity contribution in [3.05, 3.63) is 80.5 Å². The molecule has 0 fully saturated rings. The molecule has 37 heavy (non-hydrogen) atoms. The molecule has 0 spiro atoms. The zero-order valence-corrected chi connectivity index (χ0v) is 20.7. The Balaban J connectivity index is 1.50. The van der Waals surface area contributed by atoms with E-state index in [9.17, 15) is 22.8 Å². The second-order valence-corrected chi connectivity index (χ2v) is 10.4. The molecule has 2 aliphatic rings. The first-order valence-corrected chi connectivity index (χ1v) is 12.9. The second kappa shape index (κ2) is 8.00. The number of aryl methyl sites for hydroxylation is 1. The average molecular weight is 520 g/mol. The van der Waals surface area contributed by atoms with Crippen molar-refractivity contribution in [3.8, 4) is 0 Å². The monoisotopic (exact) mass is 519 g/mol. The molecule has 4 heterocycles. The highest BCUT2D eigenvalue weighted by atomic mass is 32.2. The fourth-order valence-corrected chi connectivity index (χ4v) is 5.99. The van der Waals surface area contributed by atoms with Crippen LogP contribution in [0.15, 0.2) is 67.4 Å². The van der Waals surface area contributed by atoms with E-state index in [2.05, 4.69) is 14.7 Å². The van der Waals surface area contributed by atoms with Crippen LogP contribution >= 0.6 is 0 Å². The van der Waals surface area contributed by atoms with E-state index in [4.69, 9.17) is 0 Å². The number of nitrogens with zero attached hydrogens (tertiary/aromatic N) is 6. The predicted molar refractivity (Wildman–Crippen MR) is 137 cm³/mol. The van der Waals surface area contributed by atoms with Gasteiger partial charge < -0.3 is 10.2 Å². The molecule has 2 aromatic heterocycles. The maximum absolute atomic E-state index is 13.5. The van der Waals surface area contributed by atoms with Gasteiger partial charge in [-0.15, -0.1) is 4.40 Å². The van der Waals surface area contributed by atoms with Crippen molar-refractivity contribution in [2.75, 3.05) is 16.8 Å². The minimum Gasteiger partial charge on any atom is -0.310 e. The summed E-state index contributed by atoms with van der Waals surface area (Å²) in [6, 6.07) is 13.9. The highest BCUT2D eigenvalue weighted by molar-refractivity contribution is 7.90. The van der Waals surface area contributed by atoms with Crippen LogP contribution in [0.3, 0.4) is 0 Å². The van der Waals surface area contributed by atoms with Crippen molar-refractivity contribution < 1.29 is 13.2 Å². The molecule has 2 aliphatic heterocycles. The molecule has 0 atom stereocenters. The lowest BCUT2D eigenvalue weighted by Crippen LogP contribution is -2.38. The molecular weight excluding hydrogens is 498 g/mol. The molecule has 0 aliphatic carbocycles. The summed E-state index contributed by atoms with van der Waals surface area (Å²) in [6.45, 7) is 0.213. The number of rotatable bonds is 3. The number of fused-ring (bicyclic) bond motifs is 3. The first-order chi connectivity index (χ1) is 17.7. The van der Waals surface area contributed by atoms with Gasteiger partial charge in [0.05, 0.1) is 0 Å². The summed E-state index contributed by atoms with van der Waals surface area (Å²) in [7, 11) is -1.11. The van der Waals surface area contributed by atoms with E-state index < -0.39 is 21.3 Å². The third-order valence-electron chi connectivity index (χ3n) is 6.69. The van der Waals surface area contributed by atoms with Gasteiger partial charge in [-0.25, -0.2) is 4.79 Å². The molecular formula is C24H21N7O5S. The van der Waals surface area contributed by atoms with Gasteiger partial charge in [-0.3, -0.25) is 23.3 Å². The van der Waals surface area contributed by atoms with Crippen LogP contribution in [0.4, 0.5) is 11.6 Å². The van der Waals surface area contributed by atoms with Gasteiger partial charge in [-0.1, -0.05) is 30.3 Å². The fraction of sp³-hybridized carbons (Fsp3) is 0.208. The van der Waals surface area contributed by atoms with Crippen LogP contribution in [0.25, 0.3) is 11.2 Å². The van der Waals surface area contributed by atoms with Crippen LogP contribution in [0.1, 0.15) is 11.1 Å². The van der Waals surface area contributed by atoms with Crippen LogP contribution in [0, 0.1) is 0 Å². The number of nitrogens with one attached hydrogen (secondary N) is 1. The van der Waals surface area contributed by atoms with Gasteiger partial charge in [0.15, 0.2) is 17.0 Å². The largest absolute Gasteiger partial charge is 0.332 e. The Hall–Kier alpha value is -4.52. The first kappa shape index (κ1) is 22.9. The Morgan fingerprint density at radius 3 is 2.57 bits per heavy atom. The summed E-state index contributed by atoms with van der Waals surface area (Å²) < 4.78 is 32.5. The Morgan fingerprint density at radius 2 is 1.76 bits per heavy atom. The Bertz CT molecular complexity index is 1900. The molecule has 0 bridgehead atoms. The molecule has 6 rings (SSSR count). The van der Waals surface area contributed by atoms with Gasteiger partial charge in [-0.2, -0.15) is 13.4 Å². The van der Waals surface area contributed by atoms with Crippen molar-refractivity contribution in [3.63, 3.8) is 0 Å². The lowest BCUT2D eigenvalue weighted by molar-refractivity contribution is -0.119. The summed E-state index contributed by atoms with van der Waals surface area (Å²) in [4.78, 5) is 45.4. The molecule has 0 radical (unpaired) electrons. The maximum Gasteiger partial charge on any atom is 0.332 e. The third-order valence-corrected chi connectivity index (χ3v) is 8.03. The van der Waals surface area contributed by atoms with E-state index in [0.29, 0.717) is 18.5 Å². The third kappa shape index (κ3) is 3.42. The number of sulfonamides is 1. The van der Waals surface area contributed by atoms with E-state index >= 15 is 0 Å². The van der Waals surface area contributed by atoms with E-state index in [-0.39, 0.29) is 40.3 Å². The maximum atomic E-state index is 13.5. The van der Waals surface area contributed by atoms with Gasteiger partial charge in [0.1, 0.15) is 11.4 Å². The van der Waals surface area contributed by atoms with E-state index in [1.807, 2.05) is 24.3 Å². The second-order valence-electron chi connectivity index (χ2n) is 8.86. The van der Waals surface area contributed by atoms with Crippen LogP contribution in [0.2, 0.25) is 0 Å². The summed E-state index contributed by atoms with van der Waals surface area (Å²) >= 11 is 0. The zero-order chi connectivity index (χ0) is 26.1. The standard InChI is InChI=1S/C24H21N7O5S/c1-28-21-19(22(33)29(2)24(28)34)31(13-18(32)30-12-11-14-7-3-5-9-16(14)30)23(26-21)25-20-15-8-4-6-10-17(15)37(35,36)27-20/h3-10H,11-13H2,1-2H3,(H,25,26,27). The number of benzene rings is 2. The quantitative estimate of drug-likeness (QED) is 0.418. The van der Waals surface area contributed by atoms with E-state index in [0.717, 1.165) is 15.8 Å². The minimum absolute atomic E-state index is 0.00736. The van der Waals surface area contributed by atoms with Gasteiger partial charge in [0.25, 0.3) is 15.6 Å². The lowest BCUT2D eigenvalue weighted by atomic mass is 10.2. The van der Waals surface area contributed by atoms with Gasteiger partial charge >= 0.3 is 5.69 Å². The van der Waals surface area contributed by atoms with E-state index in [1.54, 1.807) is 23.1 Å². The number of aromatic nitrogens is 4. The number of amidine groups is 1. The number of amides is 1. The fourth-order valence-electron chi connectivity index (χ4n) is 4.82. The SMILES string of the molecule is Cn1c(=O)c2c(nc(NC3=NS(=O)(=O)c4ccccc43)n2CC(=O)N2CCc3ccccc32)n(C)c1=O. The number of hydrogen-bond acceptors (Lipinski definition) is 7. The van der Waals surface area contributed by atoms with Crippen molar-refractivity contribution in [1.29, 1.82) is 0 Å². The topological polar surface area (TPSA) is 141 Å². The van der Waals surface area contributed by atoms with Crippen LogP contribution in [-0.4, -0.2) is 45.4 Å². The molecule has 0 saturated carbocycles. The number of carbonyl (C=O) groups is 1. The molecule has 13 heteroatoms. The normalized spacial score (nSPS) is 15.5. The van der Waals surface area contributed by atoms with Crippen molar-refractivity contribution in [2.45, 2.75) is 17.9 Å². The molecule has 1 amide bonds. The number of anilines is 2. The zero-order valence-electron chi connectivity index (χ0n) is 19.9. The summed E-state index contributed by atoms with van der Waals surface area (Å²) in [5.41, 5.74) is 1.05. The molecule has 2 aromatic carbocycles. The van der Waals surface area contributed by atoms with Crippen molar-refractivity contribution in [1.82, 2.24) is 18.7 Å². The molecule has 4 aromatic rings. The van der Waals surface area contributed by atoms with Gasteiger partial charge in [0, 0.05) is 31.9 Å². The Morgan fingerprint density at radius 1 is 1.03 bits per heavy atom. The number of imidazole rings is 1. The molecule has 1 N–H and O–H groups in total. The lowest BCUT2D eigenvalue weighted by Gasteiger charge is -2.19. The van der Waals surface area contributed by atoms with Crippen LogP contribution in [-0.2, 0) is 41.9 Å². The van der Waals surface area contributed by atoms with Crippen molar-refractivity contribution in [2.24, 2.45) is 18.5 Å². The Labute approximate surface area is 210 Å². The van der Waals surface area contributed by atoms with E-state index in [1.165, 1.54) is 29.3 Å². The summed E-state index contributed by atoms with van der Waals surface area (Å²) in [5.74, 6) is -0.266. The molecule has 188 valence electrons. The summed E-state index contributed by atoms with van der Waals surface area (Å²) in [6.07, 6.45) is 0.708. The average Bonchev–Trinajstić information content (AvgIpc) is 3.54. The highest BCUT2D eigenvalue weighted by Crippen LogP contribution is 2.29. The smallest absolute Gasteiger partial charge is 0.310 e. The minimum atomic E-state index is -3.92. The van der Waals surface area contributed by atoms with Gasteiger partial charge in [0.2, 0.25) is 11.9 Å². The highest BCUT2D eigenvalue weighted by Gasteiger charge is 2.31. The Kier molecular flexibility index (Phi) is 4.95. The van der Waals surface area contributed by atoms with Crippen LogP contribution < -0.4 is 21.5 Å². The molecule has 0 unspecified atom stereocenters. The van der Waals surface area contributed by atoms with Crippen molar-refractivity contribution >= 4 is 44.6 Å². The predicted octanol–water partition coefficient (Wildman–Crippen LogP) is 0.584. The van der Waals surface area contributed by atoms with Crippen LogP contribution in [0.5, 0.6) is 0 Å². The number of para-hydroxylation sites is 1. The number of carbonyl (C=O) groups excluding carboxylic acids is 1. The first-order valence-electron chi connectivity index (χ1n) is 11.4. The number of hydrogen-bond donors (Lipinski definition) is 1.